The van der Waals surface area contributed by atoms with Crippen molar-refractivity contribution in [3.8, 4) is 0 Å². The van der Waals surface area contributed by atoms with Crippen molar-refractivity contribution in [2.45, 2.75) is 20.2 Å². The molecule has 1 heterocycles. The predicted molar refractivity (Wildman–Crippen MR) is 36.7 cm³/mol. The Balaban J connectivity index is 0.000000291. The van der Waals surface area contributed by atoms with E-state index in [-0.39, 0.29) is 0 Å². The fourth-order valence-electron chi connectivity index (χ4n) is 0.345. The Bertz CT molecular complexity index is 94.2. The van der Waals surface area contributed by atoms with Crippen molar-refractivity contribution in [2.24, 2.45) is 5.10 Å². The van der Waals surface area contributed by atoms with Gasteiger partial charge in [-0.05, 0) is 0 Å². The lowest BCUT2D eigenvalue weighted by molar-refractivity contribution is 0.0578. The van der Waals surface area contributed by atoms with E-state index >= 15 is 0 Å². The second-order valence-electron chi connectivity index (χ2n) is 1.41. The lowest BCUT2D eigenvalue weighted by atomic mass is 10.8. The summed E-state index contributed by atoms with van der Waals surface area (Å²) in [5.41, 5.74) is 2.42. The molecule has 0 saturated carbocycles. The van der Waals surface area contributed by atoms with E-state index in [4.69, 9.17) is 5.11 Å². The average molecular weight is 131 g/mol. The highest BCUT2D eigenvalue weighted by Crippen LogP contribution is 1.88. The molecule has 0 aromatic carbocycles. The monoisotopic (exact) mass is 131 g/mol. The van der Waals surface area contributed by atoms with Crippen LogP contribution < -0.4 is 5.43 Å². The Labute approximate surface area is 55.2 Å². The van der Waals surface area contributed by atoms with Gasteiger partial charge in [-0.2, -0.15) is 5.10 Å². The van der Waals surface area contributed by atoms with Crippen molar-refractivity contribution in [2.75, 3.05) is 7.05 Å². The van der Waals surface area contributed by atoms with Gasteiger partial charge in [-0.3, -0.25) is 5.43 Å². The van der Waals surface area contributed by atoms with E-state index in [1.807, 2.05) is 13.8 Å². The summed E-state index contributed by atoms with van der Waals surface area (Å²) in [6.07, 6.45) is 0.894. The molecule has 2 N–H and O–H groups in total. The molecule has 0 saturated heterocycles. The maximum Gasteiger partial charge on any atom is 0.220 e. The summed E-state index contributed by atoms with van der Waals surface area (Å²) in [4.78, 5) is 1.56. The summed E-state index contributed by atoms with van der Waals surface area (Å²) in [7, 11) is 1.73. The number of aliphatic hydroxyl groups excluding tert-OH is 1. The van der Waals surface area contributed by atoms with Crippen molar-refractivity contribution in [3.05, 3.63) is 0 Å². The van der Waals surface area contributed by atoms with Gasteiger partial charge in [0.25, 0.3) is 0 Å². The standard InChI is InChI=1S/C3H7N3O.C2H6/c1-6-2-4-5-3(6)7;1-2/h2-3,5,7H,1H3;1-2H3. The molecule has 0 aromatic rings. The van der Waals surface area contributed by atoms with Gasteiger partial charge in [-0.15, -0.1) is 0 Å². The molecule has 4 nitrogen and oxygen atoms in total. The molecular formula is C5H13N3O. The molecule has 0 aliphatic carbocycles. The number of nitrogens with one attached hydrogen (secondary N) is 1. The minimum Gasteiger partial charge on any atom is -0.355 e. The van der Waals surface area contributed by atoms with Crippen LogP contribution in [0.5, 0.6) is 0 Å². The van der Waals surface area contributed by atoms with Crippen molar-refractivity contribution >= 4 is 6.34 Å². The van der Waals surface area contributed by atoms with Crippen LogP contribution in [0.15, 0.2) is 5.10 Å². The molecule has 1 aliphatic rings. The molecule has 54 valence electrons. The van der Waals surface area contributed by atoms with E-state index in [1.54, 1.807) is 11.9 Å². The minimum atomic E-state index is -0.625. The van der Waals surface area contributed by atoms with Gasteiger partial charge >= 0.3 is 0 Å². The zero-order valence-corrected chi connectivity index (χ0v) is 6.00. The summed E-state index contributed by atoms with van der Waals surface area (Å²) in [6.45, 7) is 4.00. The first kappa shape index (κ1) is 8.23. The van der Waals surface area contributed by atoms with Gasteiger partial charge in [0.1, 0.15) is 6.34 Å². The summed E-state index contributed by atoms with van der Waals surface area (Å²) in [5, 5.41) is 12.2. The third kappa shape index (κ3) is 2.32. The largest absolute Gasteiger partial charge is 0.355 e. The normalized spacial score (nSPS) is 22.7. The maximum absolute atomic E-state index is 8.69. The summed E-state index contributed by atoms with van der Waals surface area (Å²) >= 11 is 0. The Morgan fingerprint density at radius 2 is 2.22 bits per heavy atom. The summed E-state index contributed by atoms with van der Waals surface area (Å²) in [6, 6.07) is 0. The highest BCUT2D eigenvalue weighted by molar-refractivity contribution is 5.55. The first-order valence-electron chi connectivity index (χ1n) is 2.99. The van der Waals surface area contributed by atoms with E-state index in [2.05, 4.69) is 10.5 Å². The summed E-state index contributed by atoms with van der Waals surface area (Å²) in [5.74, 6) is 0. The van der Waals surface area contributed by atoms with Gasteiger partial charge < -0.3 is 10.0 Å². The van der Waals surface area contributed by atoms with Crippen LogP contribution in [-0.4, -0.2) is 29.7 Å². The Morgan fingerprint density at radius 3 is 2.33 bits per heavy atom. The van der Waals surface area contributed by atoms with E-state index in [0.29, 0.717) is 0 Å². The van der Waals surface area contributed by atoms with Gasteiger partial charge in [0.05, 0.1) is 0 Å². The number of rotatable bonds is 0. The molecule has 0 amide bonds. The van der Waals surface area contributed by atoms with Crippen LogP contribution in [0.3, 0.4) is 0 Å². The van der Waals surface area contributed by atoms with E-state index in [1.165, 1.54) is 6.34 Å². The fraction of sp³-hybridized carbons (Fsp3) is 0.800. The minimum absolute atomic E-state index is 0.625. The topological polar surface area (TPSA) is 47.9 Å². The molecule has 1 atom stereocenters. The molecule has 0 aromatic heterocycles. The number of hydrazone groups is 1. The first-order valence-corrected chi connectivity index (χ1v) is 2.99. The number of nitrogens with zero attached hydrogens (tertiary/aromatic N) is 2. The molecular weight excluding hydrogens is 118 g/mol. The number of hydrogen-bond donors (Lipinski definition) is 2. The predicted octanol–water partition coefficient (Wildman–Crippen LogP) is -0.233. The van der Waals surface area contributed by atoms with Gasteiger partial charge in [0.2, 0.25) is 6.35 Å². The zero-order valence-electron chi connectivity index (χ0n) is 6.00. The van der Waals surface area contributed by atoms with Crippen molar-refractivity contribution in [1.29, 1.82) is 0 Å². The smallest absolute Gasteiger partial charge is 0.220 e. The van der Waals surface area contributed by atoms with Crippen LogP contribution in [0.25, 0.3) is 0 Å². The lowest BCUT2D eigenvalue weighted by Gasteiger charge is -2.10. The third-order valence-corrected chi connectivity index (χ3v) is 0.816. The Kier molecular flexibility index (Phi) is 3.79. The van der Waals surface area contributed by atoms with E-state index in [0.717, 1.165) is 0 Å². The van der Waals surface area contributed by atoms with Crippen LogP contribution in [0.2, 0.25) is 0 Å². The molecule has 0 fully saturated rings. The molecule has 1 unspecified atom stereocenters. The first-order chi connectivity index (χ1) is 4.30. The van der Waals surface area contributed by atoms with Gasteiger partial charge in [0.15, 0.2) is 0 Å². The molecule has 0 radical (unpaired) electrons. The van der Waals surface area contributed by atoms with Gasteiger partial charge in [0, 0.05) is 7.05 Å². The van der Waals surface area contributed by atoms with Gasteiger partial charge in [-0.1, -0.05) is 13.8 Å². The lowest BCUT2D eigenvalue weighted by Crippen LogP contribution is -2.32. The molecule has 0 bridgehead atoms. The van der Waals surface area contributed by atoms with Crippen molar-refractivity contribution in [3.63, 3.8) is 0 Å². The molecule has 1 aliphatic heterocycles. The average Bonchev–Trinajstić information content (AvgIpc) is 2.23. The third-order valence-electron chi connectivity index (χ3n) is 0.816. The second-order valence-corrected chi connectivity index (χ2v) is 1.41. The Morgan fingerprint density at radius 1 is 1.67 bits per heavy atom. The SMILES string of the molecule is CC.CN1C=NNC1O. The summed E-state index contributed by atoms with van der Waals surface area (Å²) < 4.78 is 0. The van der Waals surface area contributed by atoms with E-state index < -0.39 is 6.35 Å². The molecule has 4 heteroatoms. The maximum atomic E-state index is 8.69. The van der Waals surface area contributed by atoms with Crippen LogP contribution in [0, 0.1) is 0 Å². The fourth-order valence-corrected chi connectivity index (χ4v) is 0.345. The molecule has 9 heavy (non-hydrogen) atoms. The Hall–Kier alpha value is -0.770. The van der Waals surface area contributed by atoms with Crippen LogP contribution in [-0.2, 0) is 0 Å². The zero-order chi connectivity index (χ0) is 7.28. The molecule has 1 rings (SSSR count). The van der Waals surface area contributed by atoms with Crippen molar-refractivity contribution < 1.29 is 5.11 Å². The molecule has 0 spiro atoms. The highest BCUT2D eigenvalue weighted by Gasteiger charge is 2.08. The quantitative estimate of drug-likeness (QED) is 0.477. The van der Waals surface area contributed by atoms with Crippen molar-refractivity contribution in [1.82, 2.24) is 10.3 Å². The van der Waals surface area contributed by atoms with Crippen LogP contribution in [0.4, 0.5) is 0 Å². The van der Waals surface area contributed by atoms with Crippen LogP contribution >= 0.6 is 0 Å². The van der Waals surface area contributed by atoms with Gasteiger partial charge in [-0.25, -0.2) is 0 Å². The van der Waals surface area contributed by atoms with Crippen LogP contribution in [0.1, 0.15) is 13.8 Å². The number of hydrogen-bond acceptors (Lipinski definition) is 4. The highest BCUT2D eigenvalue weighted by atomic mass is 16.3. The second kappa shape index (κ2) is 4.14. The van der Waals surface area contributed by atoms with E-state index in [9.17, 15) is 0 Å². The number of aliphatic hydroxyl groups is 1.